The van der Waals surface area contributed by atoms with Crippen LogP contribution >= 0.6 is 0 Å². The number of hydrogen-bond donors (Lipinski definition) is 7. The zero-order chi connectivity index (χ0) is 53.2. The van der Waals surface area contributed by atoms with E-state index < -0.39 is 101 Å². The van der Waals surface area contributed by atoms with Crippen LogP contribution in [0.5, 0.6) is 0 Å². The minimum atomic E-state index is -1.20. The highest BCUT2D eigenvalue weighted by Gasteiger charge is 2.42. The second kappa shape index (κ2) is 26.7. The van der Waals surface area contributed by atoms with Crippen molar-refractivity contribution in [2.45, 2.75) is 180 Å². The Kier molecular flexibility index (Phi) is 22.2. The average Bonchev–Trinajstić information content (AvgIpc) is 3.23. The largest absolute Gasteiger partial charge is 0.481 e. The normalized spacial score (nSPS) is 15.4. The van der Waals surface area contributed by atoms with Gasteiger partial charge in [-0.1, -0.05) is 74.5 Å². The van der Waals surface area contributed by atoms with Crippen LogP contribution in [0.25, 0.3) is 0 Å². The van der Waals surface area contributed by atoms with E-state index >= 15 is 0 Å². The van der Waals surface area contributed by atoms with Gasteiger partial charge in [0, 0.05) is 26.1 Å². The van der Waals surface area contributed by atoms with Crippen molar-refractivity contribution in [3.05, 3.63) is 71.8 Å². The molecule has 71 heavy (non-hydrogen) atoms. The van der Waals surface area contributed by atoms with Crippen molar-refractivity contribution in [2.75, 3.05) is 19.6 Å². The van der Waals surface area contributed by atoms with E-state index in [1.807, 2.05) is 19.9 Å². The Hall–Kier alpha value is -6.40. The number of aliphatic carboxylic acids is 1. The van der Waals surface area contributed by atoms with Gasteiger partial charge in [0.2, 0.25) is 23.6 Å². The summed E-state index contributed by atoms with van der Waals surface area (Å²) in [5, 5.41) is 26.6. The van der Waals surface area contributed by atoms with Crippen LogP contribution in [0, 0.1) is 5.92 Å². The van der Waals surface area contributed by atoms with Crippen molar-refractivity contribution in [3.63, 3.8) is 0 Å². The van der Waals surface area contributed by atoms with Crippen molar-refractivity contribution in [1.82, 2.24) is 36.8 Å². The van der Waals surface area contributed by atoms with Crippen LogP contribution in [-0.4, -0.2) is 118 Å². The molecule has 4 atom stereocenters. The highest BCUT2D eigenvalue weighted by atomic mass is 16.6. The van der Waals surface area contributed by atoms with Crippen LogP contribution in [0.1, 0.15) is 145 Å². The molecule has 0 saturated carbocycles. The summed E-state index contributed by atoms with van der Waals surface area (Å²) in [6, 6.07) is 13.7. The highest BCUT2D eigenvalue weighted by Crippen LogP contribution is 2.28. The molecule has 0 radical (unpaired) electrons. The zero-order valence-corrected chi connectivity index (χ0v) is 43.5. The van der Waals surface area contributed by atoms with Gasteiger partial charge >= 0.3 is 24.2 Å². The molecule has 394 valence electrons. The van der Waals surface area contributed by atoms with Crippen molar-refractivity contribution >= 4 is 47.9 Å². The number of carbonyl (C=O) groups excluding carboxylic acids is 7. The molecule has 1 heterocycles. The predicted octanol–water partition coefficient (Wildman–Crippen LogP) is 6.44. The van der Waals surface area contributed by atoms with Crippen LogP contribution in [0.3, 0.4) is 0 Å². The van der Waals surface area contributed by atoms with E-state index in [0.717, 1.165) is 5.56 Å². The lowest BCUT2D eigenvalue weighted by molar-refractivity contribution is -0.141. The summed E-state index contributed by atoms with van der Waals surface area (Å²) in [6.45, 7) is 19.6. The molecule has 19 nitrogen and oxygen atoms in total. The lowest BCUT2D eigenvalue weighted by atomic mass is 9.84. The molecule has 0 bridgehead atoms. The molecular formula is C52H79N7O12. The number of carboxylic acid groups (broad SMARTS) is 1. The first-order valence-corrected chi connectivity index (χ1v) is 24.5. The zero-order valence-electron chi connectivity index (χ0n) is 43.5. The topological polar surface area (TPSA) is 260 Å². The first-order valence-electron chi connectivity index (χ1n) is 24.5. The van der Waals surface area contributed by atoms with Crippen molar-refractivity contribution in [2.24, 2.45) is 5.92 Å². The van der Waals surface area contributed by atoms with E-state index in [1.165, 1.54) is 4.90 Å². The average molecular weight is 994 g/mol. The molecule has 0 aromatic heterocycles. The van der Waals surface area contributed by atoms with Gasteiger partial charge in [-0.2, -0.15) is 0 Å². The van der Waals surface area contributed by atoms with Gasteiger partial charge in [-0.25, -0.2) is 14.4 Å². The van der Waals surface area contributed by atoms with Crippen LogP contribution in [0.15, 0.2) is 60.7 Å². The third-order valence-electron chi connectivity index (χ3n) is 11.0. The predicted molar refractivity (Wildman–Crippen MR) is 267 cm³/mol. The minimum absolute atomic E-state index is 0.0555. The number of ether oxygens (including phenoxy) is 3. The minimum Gasteiger partial charge on any atom is -0.481 e. The van der Waals surface area contributed by atoms with Crippen LogP contribution in [-0.2, 0) is 44.6 Å². The molecule has 1 unspecified atom stereocenters. The molecule has 7 N–H and O–H groups in total. The standard InChI is InChI=1S/C52H79N7O12/c1-34(2)30-39(56-44(64)40(31-35-20-14-12-15-21-35)54-41(60)32-38(36-22-16-13-17-23-36)57-47(67)70-50(6,7)8)43(63)55-37(24-18-19-27-53-46(66)69-49(3,4)5)45(65)59-28-25-52(26-29-59,33-42(61)62)58-48(68)71-51(9,10)11/h12-17,20-23,34,37-40H,18-19,24-33H2,1-11H3,(H,53,66)(H,54,60)(H,55,63)(H,56,64)(H,57,67)(H,58,68)(H,61,62)/t37-,38?,39-,40-/m1/s1. The Labute approximate surface area is 419 Å². The second-order valence-corrected chi connectivity index (χ2v) is 21.6. The van der Waals surface area contributed by atoms with Gasteiger partial charge in [0.25, 0.3) is 0 Å². The lowest BCUT2D eigenvalue weighted by Crippen LogP contribution is -2.61. The summed E-state index contributed by atoms with van der Waals surface area (Å²) in [4.78, 5) is 109. The number of piperidine rings is 1. The van der Waals surface area contributed by atoms with E-state index in [1.54, 1.807) is 117 Å². The Balaban J connectivity index is 1.88. The number of nitrogens with one attached hydrogen (secondary N) is 6. The molecule has 2 aromatic carbocycles. The number of unbranched alkanes of at least 4 members (excludes halogenated alkanes) is 1. The van der Waals surface area contributed by atoms with Crippen molar-refractivity contribution in [1.29, 1.82) is 0 Å². The van der Waals surface area contributed by atoms with E-state index in [4.69, 9.17) is 14.2 Å². The summed E-state index contributed by atoms with van der Waals surface area (Å²) in [7, 11) is 0. The third kappa shape index (κ3) is 22.9. The summed E-state index contributed by atoms with van der Waals surface area (Å²) in [6.07, 6.45) is -1.41. The summed E-state index contributed by atoms with van der Waals surface area (Å²) < 4.78 is 16.2. The molecule has 0 spiro atoms. The van der Waals surface area contributed by atoms with Gasteiger partial charge in [-0.05, 0) is 118 Å². The molecule has 1 aliphatic rings. The van der Waals surface area contributed by atoms with E-state index in [9.17, 15) is 43.5 Å². The summed E-state index contributed by atoms with van der Waals surface area (Å²) in [5.74, 6) is -3.56. The SMILES string of the molecule is CC(C)C[C@@H](NC(=O)[C@@H](Cc1ccccc1)NC(=O)CC(NC(=O)OC(C)(C)C)c1ccccc1)C(=O)N[C@H](CCCCNC(=O)OC(C)(C)C)C(=O)N1CCC(CC(=O)O)(NC(=O)OC(C)(C)C)CC1. The Bertz CT molecular complexity index is 2090. The first-order chi connectivity index (χ1) is 33.0. The maximum absolute atomic E-state index is 14.5. The maximum atomic E-state index is 14.5. The quantitative estimate of drug-likeness (QED) is 0.0497. The van der Waals surface area contributed by atoms with Gasteiger partial charge in [-0.3, -0.25) is 24.0 Å². The molecule has 7 amide bonds. The smallest absolute Gasteiger partial charge is 0.408 e. The van der Waals surface area contributed by atoms with Crippen LogP contribution in [0.2, 0.25) is 0 Å². The molecule has 1 saturated heterocycles. The van der Waals surface area contributed by atoms with Gasteiger partial charge < -0.3 is 56.1 Å². The summed E-state index contributed by atoms with van der Waals surface area (Å²) in [5.41, 5.74) is -2.18. The first kappa shape index (κ1) is 58.9. The molecular weight excluding hydrogens is 915 g/mol. The molecule has 3 rings (SSSR count). The van der Waals surface area contributed by atoms with Crippen molar-refractivity contribution < 1.29 is 57.7 Å². The fraction of sp³-hybridized carbons (Fsp3) is 0.615. The number of carbonyl (C=O) groups is 8. The fourth-order valence-electron chi connectivity index (χ4n) is 7.90. The number of benzene rings is 2. The van der Waals surface area contributed by atoms with Gasteiger partial charge in [0.05, 0.1) is 24.4 Å². The fourth-order valence-corrected chi connectivity index (χ4v) is 7.90. The van der Waals surface area contributed by atoms with E-state index in [2.05, 4.69) is 31.9 Å². The monoisotopic (exact) mass is 994 g/mol. The van der Waals surface area contributed by atoms with Gasteiger partial charge in [0.1, 0.15) is 34.9 Å². The highest BCUT2D eigenvalue weighted by molar-refractivity contribution is 5.94. The van der Waals surface area contributed by atoms with E-state index in [-0.39, 0.29) is 64.1 Å². The van der Waals surface area contributed by atoms with Gasteiger partial charge in [0.15, 0.2) is 0 Å². The van der Waals surface area contributed by atoms with Gasteiger partial charge in [-0.15, -0.1) is 0 Å². The molecule has 2 aromatic rings. The number of carboxylic acids is 1. The summed E-state index contributed by atoms with van der Waals surface area (Å²) >= 11 is 0. The number of likely N-dealkylation sites (tertiary alicyclic amines) is 1. The molecule has 19 heteroatoms. The number of alkyl carbamates (subject to hydrolysis) is 3. The Morgan fingerprint density at radius 3 is 1.72 bits per heavy atom. The molecule has 0 aliphatic carbocycles. The van der Waals surface area contributed by atoms with Crippen LogP contribution in [0.4, 0.5) is 14.4 Å². The number of nitrogens with zero attached hydrogens (tertiary/aromatic N) is 1. The third-order valence-corrected chi connectivity index (χ3v) is 11.0. The Morgan fingerprint density at radius 1 is 0.648 bits per heavy atom. The Morgan fingerprint density at radius 2 is 1.17 bits per heavy atom. The molecule has 1 aliphatic heterocycles. The molecule has 1 fully saturated rings. The number of hydrogen-bond acceptors (Lipinski definition) is 11. The van der Waals surface area contributed by atoms with E-state index in [0.29, 0.717) is 18.4 Å². The van der Waals surface area contributed by atoms with Crippen LogP contribution < -0.4 is 31.9 Å². The number of rotatable bonds is 22. The number of amides is 7. The maximum Gasteiger partial charge on any atom is 0.408 e. The lowest BCUT2D eigenvalue weighted by Gasteiger charge is -2.42. The second-order valence-electron chi connectivity index (χ2n) is 21.6. The van der Waals surface area contributed by atoms with Crippen molar-refractivity contribution in [3.8, 4) is 0 Å².